The molecule has 0 bridgehead atoms. The molecule has 1 aromatic rings. The first kappa shape index (κ1) is 11.6. The first-order valence-corrected chi connectivity index (χ1v) is 5.76. The third-order valence-electron chi connectivity index (χ3n) is 2.37. The van der Waals surface area contributed by atoms with Gasteiger partial charge in [0, 0.05) is 28.9 Å². The maximum atomic E-state index is 10.9. The lowest BCUT2D eigenvalue weighted by Crippen LogP contribution is -2.37. The Morgan fingerprint density at radius 2 is 2.44 bits per heavy atom. The third-order valence-corrected chi connectivity index (χ3v) is 3.54. The Balaban J connectivity index is 2.25. The Morgan fingerprint density at radius 1 is 1.69 bits per heavy atom. The lowest BCUT2D eigenvalue weighted by molar-refractivity contribution is -0.140. The van der Waals surface area contributed by atoms with Crippen molar-refractivity contribution in [1.29, 1.82) is 0 Å². The van der Waals surface area contributed by atoms with Gasteiger partial charge >= 0.3 is 5.97 Å². The lowest BCUT2D eigenvalue weighted by Gasteiger charge is -2.25. The normalized spacial score (nSPS) is 21.4. The second-order valence-electron chi connectivity index (χ2n) is 3.36. The van der Waals surface area contributed by atoms with Crippen LogP contribution in [0.3, 0.4) is 0 Å². The molecule has 86 valence electrons. The number of pyridine rings is 1. The van der Waals surface area contributed by atoms with Crippen LogP contribution in [0, 0.1) is 0 Å². The average molecular weight is 307 g/mol. The van der Waals surface area contributed by atoms with Gasteiger partial charge in [0.25, 0.3) is 0 Å². The van der Waals surface area contributed by atoms with Gasteiger partial charge in [-0.05, 0) is 18.6 Å². The summed E-state index contributed by atoms with van der Waals surface area (Å²) in [7, 11) is 0. The predicted octanol–water partition coefficient (Wildman–Crippen LogP) is 1.93. The Hall–Kier alpha value is -0.850. The first-order chi connectivity index (χ1) is 7.61. The van der Waals surface area contributed by atoms with E-state index in [1.54, 1.807) is 23.3 Å². The molecule has 16 heavy (non-hydrogen) atoms. The van der Waals surface area contributed by atoms with Gasteiger partial charge in [0.1, 0.15) is 6.04 Å². The topological polar surface area (TPSA) is 56.7 Å². The number of anilines is 1. The van der Waals surface area contributed by atoms with E-state index in [4.69, 9.17) is 16.7 Å². The molecule has 1 fully saturated rings. The summed E-state index contributed by atoms with van der Waals surface area (Å²) in [4.78, 5) is 15.1. The second kappa shape index (κ2) is 4.57. The number of carboxylic acids is 1. The highest BCUT2D eigenvalue weighted by Gasteiger charge is 2.36. The van der Waals surface area contributed by atoms with Crippen molar-refractivity contribution in [2.45, 2.75) is 12.5 Å². The summed E-state index contributed by atoms with van der Waals surface area (Å²) in [6, 6.07) is 2.87. The molecule has 0 amide bonds. The van der Waals surface area contributed by atoms with Crippen LogP contribution in [-0.2, 0) is 4.79 Å². The number of carbonyl (C=O) groups is 1. The molecule has 2 rings (SSSR count). The smallest absolute Gasteiger partial charge is 0.323 e. The van der Waals surface area contributed by atoms with E-state index < -0.39 is 12.0 Å². The molecule has 1 atom stereocenters. The molecule has 7 heteroatoms. The number of halogens is 2. The van der Waals surface area contributed by atoms with Crippen molar-refractivity contribution in [2.75, 3.05) is 11.6 Å². The summed E-state index contributed by atoms with van der Waals surface area (Å²) in [5.74, 6) is -0.309. The van der Waals surface area contributed by atoms with Crippen LogP contribution in [0.1, 0.15) is 6.42 Å². The molecular formula is C9H9BrClN3O2. The van der Waals surface area contributed by atoms with E-state index >= 15 is 0 Å². The fourth-order valence-electron chi connectivity index (χ4n) is 1.59. The van der Waals surface area contributed by atoms with Crippen molar-refractivity contribution >= 4 is 39.5 Å². The number of rotatable bonds is 2. The summed E-state index contributed by atoms with van der Waals surface area (Å²) in [5.41, 5.74) is 0. The summed E-state index contributed by atoms with van der Waals surface area (Å²) in [6.45, 7) is 0.568. The highest BCUT2D eigenvalue weighted by Crippen LogP contribution is 2.31. The minimum absolute atomic E-state index is 0.498. The van der Waals surface area contributed by atoms with Gasteiger partial charge < -0.3 is 5.11 Å². The van der Waals surface area contributed by atoms with E-state index in [0.29, 0.717) is 23.8 Å². The van der Waals surface area contributed by atoms with Gasteiger partial charge in [-0.3, -0.25) is 9.80 Å². The van der Waals surface area contributed by atoms with Crippen LogP contribution in [0.25, 0.3) is 0 Å². The third kappa shape index (κ3) is 2.00. The molecule has 0 radical (unpaired) electrons. The summed E-state index contributed by atoms with van der Waals surface area (Å²) in [6.07, 6.45) is 2.14. The van der Waals surface area contributed by atoms with E-state index in [2.05, 4.69) is 21.1 Å². The van der Waals surface area contributed by atoms with Crippen molar-refractivity contribution in [3.05, 3.63) is 23.4 Å². The number of nitrogens with zero attached hydrogens (tertiary/aromatic N) is 3. The quantitative estimate of drug-likeness (QED) is 0.846. The number of aliphatic carboxylic acids is 1. The standard InChI is InChI=1S/C9H9BrClN3O2/c10-14-7(9(15)16)3-5-13(14)8-6(11)2-1-4-12-8/h1-2,4,7H,3,5H2,(H,15,16). The SMILES string of the molecule is O=C(O)C1CCN(c2ncccc2Cl)N1Br. The van der Waals surface area contributed by atoms with E-state index in [0.717, 1.165) is 0 Å². The number of hydrogen-bond donors (Lipinski definition) is 1. The van der Waals surface area contributed by atoms with Crippen LogP contribution in [0.2, 0.25) is 5.02 Å². The minimum Gasteiger partial charge on any atom is -0.480 e. The fraction of sp³-hybridized carbons (Fsp3) is 0.333. The monoisotopic (exact) mass is 305 g/mol. The lowest BCUT2D eigenvalue weighted by atomic mass is 10.2. The zero-order valence-corrected chi connectivity index (χ0v) is 10.5. The van der Waals surface area contributed by atoms with Crippen molar-refractivity contribution in [2.24, 2.45) is 0 Å². The molecule has 0 saturated carbocycles. The van der Waals surface area contributed by atoms with Crippen molar-refractivity contribution in [1.82, 2.24) is 9.02 Å². The number of carboxylic acid groups (broad SMARTS) is 1. The van der Waals surface area contributed by atoms with Crippen molar-refractivity contribution < 1.29 is 9.90 Å². The highest BCUT2D eigenvalue weighted by atomic mass is 79.9. The highest BCUT2D eigenvalue weighted by molar-refractivity contribution is 9.07. The molecule has 0 spiro atoms. The number of hydrazine groups is 1. The van der Waals surface area contributed by atoms with Gasteiger partial charge in [-0.15, -0.1) is 4.03 Å². The molecule has 1 unspecified atom stereocenters. The van der Waals surface area contributed by atoms with E-state index in [-0.39, 0.29) is 0 Å². The zero-order chi connectivity index (χ0) is 11.7. The molecule has 1 aliphatic heterocycles. The van der Waals surface area contributed by atoms with Gasteiger partial charge in [0.05, 0.1) is 5.02 Å². The van der Waals surface area contributed by atoms with Gasteiger partial charge in [0.15, 0.2) is 5.82 Å². The Bertz CT molecular complexity index is 417. The molecule has 1 aliphatic rings. The molecule has 1 N–H and O–H groups in total. The predicted molar refractivity (Wildman–Crippen MR) is 63.4 cm³/mol. The Morgan fingerprint density at radius 3 is 3.00 bits per heavy atom. The summed E-state index contributed by atoms with van der Waals surface area (Å²) in [5, 5.41) is 11.2. The largest absolute Gasteiger partial charge is 0.480 e. The van der Waals surface area contributed by atoms with Crippen LogP contribution >= 0.6 is 27.7 Å². The summed E-state index contributed by atoms with van der Waals surface area (Å²) < 4.78 is 1.48. The maximum Gasteiger partial charge on any atom is 0.323 e. The van der Waals surface area contributed by atoms with E-state index in [1.807, 2.05) is 0 Å². The molecular weight excluding hydrogens is 297 g/mol. The first-order valence-electron chi connectivity index (χ1n) is 4.67. The van der Waals surface area contributed by atoms with Crippen LogP contribution in [0.15, 0.2) is 18.3 Å². The number of aromatic nitrogens is 1. The van der Waals surface area contributed by atoms with Crippen molar-refractivity contribution in [3.8, 4) is 0 Å². The maximum absolute atomic E-state index is 10.9. The van der Waals surface area contributed by atoms with Gasteiger partial charge in [-0.2, -0.15) is 0 Å². The fourth-order valence-corrected chi connectivity index (χ4v) is 2.50. The Kier molecular flexibility index (Phi) is 3.32. The molecule has 0 aliphatic carbocycles. The Labute approximate surface area is 106 Å². The molecule has 1 aromatic heterocycles. The molecule has 1 saturated heterocycles. The van der Waals surface area contributed by atoms with Gasteiger partial charge in [-0.25, -0.2) is 4.98 Å². The van der Waals surface area contributed by atoms with E-state index in [9.17, 15) is 4.79 Å². The second-order valence-corrected chi connectivity index (χ2v) is 4.50. The molecule has 2 heterocycles. The van der Waals surface area contributed by atoms with E-state index in [1.165, 1.54) is 4.03 Å². The average Bonchev–Trinajstić information content (AvgIpc) is 2.61. The number of hydrogen-bond acceptors (Lipinski definition) is 4. The molecule has 0 aromatic carbocycles. The van der Waals surface area contributed by atoms with Gasteiger partial charge in [-0.1, -0.05) is 11.6 Å². The molecule has 5 nitrogen and oxygen atoms in total. The minimum atomic E-state index is -0.869. The zero-order valence-electron chi connectivity index (χ0n) is 8.18. The van der Waals surface area contributed by atoms with Gasteiger partial charge in [0.2, 0.25) is 0 Å². The van der Waals surface area contributed by atoms with Crippen LogP contribution in [0.5, 0.6) is 0 Å². The van der Waals surface area contributed by atoms with Crippen molar-refractivity contribution in [3.63, 3.8) is 0 Å². The van der Waals surface area contributed by atoms with Crippen LogP contribution in [-0.4, -0.2) is 32.7 Å². The van der Waals surface area contributed by atoms with Crippen LogP contribution < -0.4 is 5.01 Å². The summed E-state index contributed by atoms with van der Waals surface area (Å²) >= 11 is 9.22. The van der Waals surface area contributed by atoms with Crippen LogP contribution in [0.4, 0.5) is 5.82 Å².